The van der Waals surface area contributed by atoms with Gasteiger partial charge in [-0.2, -0.15) is 13.2 Å². The van der Waals surface area contributed by atoms with Crippen molar-refractivity contribution in [1.82, 2.24) is 4.90 Å². The first-order valence-electron chi connectivity index (χ1n) is 11.0. The SMILES string of the molecule is CC(=O)Nc1cc(C(F)(F)F)ccc1OC[C@H](O)CN1CCC2(CC1)Cc1cc(Cl)ccc1O2. The van der Waals surface area contributed by atoms with E-state index < -0.39 is 23.8 Å². The zero-order valence-electron chi connectivity index (χ0n) is 18.6. The van der Waals surface area contributed by atoms with Gasteiger partial charge in [0.2, 0.25) is 5.91 Å². The number of piperidine rings is 1. The molecule has 0 aliphatic carbocycles. The fourth-order valence-corrected chi connectivity index (χ4v) is 4.68. The van der Waals surface area contributed by atoms with Crippen molar-refractivity contribution >= 4 is 23.2 Å². The van der Waals surface area contributed by atoms with Crippen LogP contribution in [0.5, 0.6) is 11.5 Å². The van der Waals surface area contributed by atoms with E-state index in [1.54, 1.807) is 0 Å². The van der Waals surface area contributed by atoms with E-state index in [0.29, 0.717) is 11.6 Å². The van der Waals surface area contributed by atoms with Crippen LogP contribution >= 0.6 is 11.6 Å². The molecule has 6 nitrogen and oxygen atoms in total. The maximum Gasteiger partial charge on any atom is 0.416 e. The fourth-order valence-electron chi connectivity index (χ4n) is 4.48. The molecule has 2 aromatic carbocycles. The second-order valence-corrected chi connectivity index (χ2v) is 9.31. The van der Waals surface area contributed by atoms with Crippen molar-refractivity contribution in [3.05, 3.63) is 52.5 Å². The van der Waals surface area contributed by atoms with Gasteiger partial charge in [-0.05, 0) is 42.0 Å². The van der Waals surface area contributed by atoms with Crippen LogP contribution in [0.25, 0.3) is 0 Å². The van der Waals surface area contributed by atoms with Gasteiger partial charge < -0.3 is 24.8 Å². The summed E-state index contributed by atoms with van der Waals surface area (Å²) in [4.78, 5) is 13.5. The summed E-state index contributed by atoms with van der Waals surface area (Å²) >= 11 is 6.09. The molecular formula is C24H26ClF3N2O4. The van der Waals surface area contributed by atoms with E-state index in [2.05, 4.69) is 10.2 Å². The van der Waals surface area contributed by atoms with Crippen molar-refractivity contribution in [2.75, 3.05) is 31.6 Å². The van der Waals surface area contributed by atoms with Crippen molar-refractivity contribution in [3.63, 3.8) is 0 Å². The number of likely N-dealkylation sites (tertiary alicyclic amines) is 1. The Morgan fingerprint density at radius 3 is 2.68 bits per heavy atom. The quantitative estimate of drug-likeness (QED) is 0.612. The highest BCUT2D eigenvalue weighted by Gasteiger charge is 2.42. The second-order valence-electron chi connectivity index (χ2n) is 8.87. The number of hydrogen-bond donors (Lipinski definition) is 2. The Morgan fingerprint density at radius 1 is 1.26 bits per heavy atom. The van der Waals surface area contributed by atoms with Gasteiger partial charge >= 0.3 is 6.18 Å². The molecule has 1 amide bonds. The normalized spacial score (nSPS) is 18.3. The highest BCUT2D eigenvalue weighted by Crippen LogP contribution is 2.42. The molecule has 34 heavy (non-hydrogen) atoms. The third kappa shape index (κ3) is 5.76. The number of hydrogen-bond acceptors (Lipinski definition) is 5. The minimum absolute atomic E-state index is 0.0654. The predicted octanol–water partition coefficient (Wildman–Crippen LogP) is 4.53. The minimum atomic E-state index is -4.55. The number of benzene rings is 2. The number of carbonyl (C=O) groups excluding carboxylic acids is 1. The summed E-state index contributed by atoms with van der Waals surface area (Å²) in [7, 11) is 0. The lowest BCUT2D eigenvalue weighted by Crippen LogP contribution is -2.49. The molecule has 0 unspecified atom stereocenters. The number of β-amino-alcohol motifs (C(OH)–C–C–N with tert-alkyl or cyclic N) is 1. The molecule has 10 heteroatoms. The molecule has 1 saturated heterocycles. The van der Waals surface area contributed by atoms with Crippen molar-refractivity contribution in [1.29, 1.82) is 0 Å². The van der Waals surface area contributed by atoms with Crippen LogP contribution in [0, 0.1) is 0 Å². The summed E-state index contributed by atoms with van der Waals surface area (Å²) in [6, 6.07) is 8.50. The molecule has 2 aliphatic heterocycles. The number of halogens is 4. The van der Waals surface area contributed by atoms with Crippen LogP contribution in [0.3, 0.4) is 0 Å². The Labute approximate surface area is 200 Å². The second kappa shape index (κ2) is 9.64. The molecule has 0 bridgehead atoms. The number of nitrogens with zero attached hydrogens (tertiary/aromatic N) is 1. The Morgan fingerprint density at radius 2 is 2.00 bits per heavy atom. The average Bonchev–Trinajstić information content (AvgIpc) is 3.10. The summed E-state index contributed by atoms with van der Waals surface area (Å²) in [5.74, 6) is 0.416. The molecule has 2 aliphatic rings. The van der Waals surface area contributed by atoms with Crippen LogP contribution < -0.4 is 14.8 Å². The molecule has 0 radical (unpaired) electrons. The van der Waals surface area contributed by atoms with E-state index in [4.69, 9.17) is 21.1 Å². The molecule has 0 saturated carbocycles. The first-order chi connectivity index (χ1) is 16.0. The lowest BCUT2D eigenvalue weighted by atomic mass is 9.87. The zero-order chi connectivity index (χ0) is 24.5. The first-order valence-corrected chi connectivity index (χ1v) is 11.4. The van der Waals surface area contributed by atoms with Gasteiger partial charge in [0.05, 0.1) is 11.3 Å². The third-order valence-corrected chi connectivity index (χ3v) is 6.38. The number of rotatable bonds is 6. The largest absolute Gasteiger partial charge is 0.489 e. The van der Waals surface area contributed by atoms with Gasteiger partial charge in [0, 0.05) is 50.8 Å². The Balaban J connectivity index is 1.30. The average molecular weight is 499 g/mol. The molecule has 1 fully saturated rings. The van der Waals surface area contributed by atoms with Crippen LogP contribution in [0.15, 0.2) is 36.4 Å². The maximum atomic E-state index is 13.0. The van der Waals surface area contributed by atoms with Crippen LogP contribution in [-0.4, -0.2) is 53.9 Å². The van der Waals surface area contributed by atoms with E-state index >= 15 is 0 Å². The number of anilines is 1. The van der Waals surface area contributed by atoms with Crippen molar-refractivity contribution < 1.29 is 32.5 Å². The van der Waals surface area contributed by atoms with Crippen LogP contribution in [0.4, 0.5) is 18.9 Å². The number of amides is 1. The van der Waals surface area contributed by atoms with Crippen molar-refractivity contribution in [3.8, 4) is 11.5 Å². The number of carbonyl (C=O) groups is 1. The summed E-state index contributed by atoms with van der Waals surface area (Å²) in [5.41, 5.74) is -0.128. The smallest absolute Gasteiger partial charge is 0.416 e. The van der Waals surface area contributed by atoms with E-state index in [0.717, 1.165) is 61.9 Å². The Hall–Kier alpha value is -2.49. The molecule has 0 aromatic heterocycles. The molecule has 2 N–H and O–H groups in total. The number of aliphatic hydroxyl groups is 1. The van der Waals surface area contributed by atoms with E-state index in [-0.39, 0.29) is 23.6 Å². The van der Waals surface area contributed by atoms with Gasteiger partial charge in [0.25, 0.3) is 0 Å². The van der Waals surface area contributed by atoms with Gasteiger partial charge in [-0.25, -0.2) is 0 Å². The summed E-state index contributed by atoms with van der Waals surface area (Å²) in [6.07, 6.45) is -2.99. The monoisotopic (exact) mass is 498 g/mol. The molecule has 4 rings (SSSR count). The van der Waals surface area contributed by atoms with E-state index in [1.165, 1.54) is 6.92 Å². The topological polar surface area (TPSA) is 71.0 Å². The highest BCUT2D eigenvalue weighted by molar-refractivity contribution is 6.30. The number of fused-ring (bicyclic) bond motifs is 1. The Bertz CT molecular complexity index is 1050. The molecule has 2 heterocycles. The van der Waals surface area contributed by atoms with Crippen LogP contribution in [-0.2, 0) is 17.4 Å². The summed E-state index contributed by atoms with van der Waals surface area (Å²) < 4.78 is 50.8. The molecule has 2 aromatic rings. The van der Waals surface area contributed by atoms with E-state index in [9.17, 15) is 23.1 Å². The molecule has 1 atom stereocenters. The fraction of sp³-hybridized carbons (Fsp3) is 0.458. The van der Waals surface area contributed by atoms with Gasteiger partial charge in [0.1, 0.15) is 29.8 Å². The third-order valence-electron chi connectivity index (χ3n) is 6.15. The number of nitrogens with one attached hydrogen (secondary N) is 1. The van der Waals surface area contributed by atoms with Gasteiger partial charge in [-0.1, -0.05) is 11.6 Å². The highest BCUT2D eigenvalue weighted by atomic mass is 35.5. The summed E-state index contributed by atoms with van der Waals surface area (Å²) in [6.45, 7) is 2.89. The minimum Gasteiger partial charge on any atom is -0.489 e. The van der Waals surface area contributed by atoms with Crippen LogP contribution in [0.1, 0.15) is 30.9 Å². The lowest BCUT2D eigenvalue weighted by Gasteiger charge is -2.39. The zero-order valence-corrected chi connectivity index (χ0v) is 19.4. The lowest BCUT2D eigenvalue weighted by molar-refractivity contribution is -0.137. The standard InChI is InChI=1S/C24H26ClF3N2O4/c1-15(31)29-20-11-17(24(26,27)28)2-4-22(20)33-14-19(32)13-30-8-6-23(7-9-30)12-16-10-18(25)3-5-21(16)34-23/h2-5,10-11,19,32H,6-9,12-14H2,1H3,(H,29,31)/t19-/m1/s1. The van der Waals surface area contributed by atoms with Crippen LogP contribution in [0.2, 0.25) is 5.02 Å². The van der Waals surface area contributed by atoms with Crippen molar-refractivity contribution in [2.24, 2.45) is 0 Å². The number of alkyl halides is 3. The van der Waals surface area contributed by atoms with Gasteiger partial charge in [-0.15, -0.1) is 0 Å². The van der Waals surface area contributed by atoms with Gasteiger partial charge in [-0.3, -0.25) is 4.79 Å². The van der Waals surface area contributed by atoms with E-state index in [1.807, 2.05) is 18.2 Å². The summed E-state index contributed by atoms with van der Waals surface area (Å²) in [5, 5.41) is 13.5. The Kier molecular flexibility index (Phi) is 6.98. The van der Waals surface area contributed by atoms with Gasteiger partial charge in [0.15, 0.2) is 0 Å². The van der Waals surface area contributed by atoms with Crippen molar-refractivity contribution in [2.45, 2.75) is 44.1 Å². The predicted molar refractivity (Wildman–Crippen MR) is 121 cm³/mol. The maximum absolute atomic E-state index is 13.0. The number of ether oxygens (including phenoxy) is 2. The molecule has 1 spiro atoms. The molecule has 184 valence electrons. The number of aliphatic hydroxyl groups excluding tert-OH is 1. The first kappa shape index (κ1) is 24.6. The molecular weight excluding hydrogens is 473 g/mol.